The van der Waals surface area contributed by atoms with Crippen LogP contribution >= 0.6 is 0 Å². The van der Waals surface area contributed by atoms with Crippen molar-refractivity contribution in [2.24, 2.45) is 0 Å². The summed E-state index contributed by atoms with van der Waals surface area (Å²) >= 11 is 0. The molecule has 1 amide bonds. The van der Waals surface area contributed by atoms with Gasteiger partial charge in [-0.05, 0) is 62.7 Å². The molecule has 1 saturated heterocycles. The Bertz CT molecular complexity index is 1080. The van der Waals surface area contributed by atoms with E-state index in [-0.39, 0.29) is 11.7 Å². The van der Waals surface area contributed by atoms with E-state index in [2.05, 4.69) is 32.2 Å². The van der Waals surface area contributed by atoms with Crippen molar-refractivity contribution in [1.82, 2.24) is 19.7 Å². The average molecular weight is 420 g/mol. The second-order valence-electron chi connectivity index (χ2n) is 8.17. The summed E-state index contributed by atoms with van der Waals surface area (Å²) in [5.74, 6) is 0.388. The van der Waals surface area contributed by atoms with Gasteiger partial charge in [-0.2, -0.15) is 5.10 Å². The quantitative estimate of drug-likeness (QED) is 0.703. The van der Waals surface area contributed by atoms with Crippen LogP contribution in [0.2, 0.25) is 0 Å². The van der Waals surface area contributed by atoms with Gasteiger partial charge < -0.3 is 15.1 Å². The molecule has 0 saturated carbocycles. The van der Waals surface area contributed by atoms with Gasteiger partial charge in [0.05, 0.1) is 17.6 Å². The third kappa shape index (κ3) is 3.90. The third-order valence-electron chi connectivity index (χ3n) is 6.05. The molecule has 160 valence electrons. The first kappa shape index (κ1) is 19.7. The van der Waals surface area contributed by atoms with Crippen molar-refractivity contribution in [3.05, 3.63) is 65.4 Å². The zero-order chi connectivity index (χ0) is 21.4. The second-order valence-corrected chi connectivity index (χ2v) is 8.17. The number of piperazine rings is 1. The molecule has 3 aromatic rings. The summed E-state index contributed by atoms with van der Waals surface area (Å²) in [6, 6.07) is 10.0. The zero-order valence-corrected chi connectivity index (χ0v) is 17.5. The van der Waals surface area contributed by atoms with E-state index >= 15 is 0 Å². The molecule has 1 N–H and O–H groups in total. The molecule has 1 aliphatic heterocycles. The molecule has 1 aliphatic carbocycles. The Hall–Kier alpha value is -3.26. The maximum Gasteiger partial charge on any atom is 0.276 e. The standard InChI is InChI=1S/C23H25FN6O/c1-28-11-13-29(14-12-28)21-10-7-17(15-25-21)26-23(31)22-19-3-2-4-20(19)30(27-22)18-8-5-16(24)6-9-18/h5-10,15H,2-4,11-14H2,1H3,(H,26,31). The summed E-state index contributed by atoms with van der Waals surface area (Å²) in [6.07, 6.45) is 4.35. The lowest BCUT2D eigenvalue weighted by atomic mass is 10.2. The lowest BCUT2D eigenvalue weighted by Crippen LogP contribution is -2.44. The molecule has 1 aromatic carbocycles. The SMILES string of the molecule is CN1CCN(c2ccc(NC(=O)c3nn(-c4ccc(F)cc4)c4c3CCC4)cn2)CC1. The van der Waals surface area contributed by atoms with Gasteiger partial charge in [0.25, 0.3) is 5.91 Å². The van der Waals surface area contributed by atoms with E-state index < -0.39 is 0 Å². The predicted octanol–water partition coefficient (Wildman–Crippen LogP) is 2.90. The Balaban J connectivity index is 1.34. The Kier molecular flexibility index (Phi) is 5.15. The van der Waals surface area contributed by atoms with Gasteiger partial charge in [0, 0.05) is 37.4 Å². The van der Waals surface area contributed by atoms with E-state index in [1.54, 1.807) is 23.0 Å². The number of carbonyl (C=O) groups is 1. The highest BCUT2D eigenvalue weighted by Gasteiger charge is 2.27. The number of rotatable bonds is 4. The van der Waals surface area contributed by atoms with Gasteiger partial charge in [-0.15, -0.1) is 0 Å². The molecule has 0 atom stereocenters. The summed E-state index contributed by atoms with van der Waals surface area (Å²) in [4.78, 5) is 22.1. The van der Waals surface area contributed by atoms with E-state index in [0.29, 0.717) is 11.4 Å². The lowest BCUT2D eigenvalue weighted by molar-refractivity contribution is 0.102. The Labute approximate surface area is 180 Å². The van der Waals surface area contributed by atoms with Crippen molar-refractivity contribution in [2.45, 2.75) is 19.3 Å². The van der Waals surface area contributed by atoms with Gasteiger partial charge in [-0.25, -0.2) is 14.1 Å². The minimum atomic E-state index is -0.293. The molecule has 2 aromatic heterocycles. The number of aromatic nitrogens is 3. The van der Waals surface area contributed by atoms with Crippen LogP contribution in [-0.2, 0) is 12.8 Å². The van der Waals surface area contributed by atoms with Crippen LogP contribution in [0.25, 0.3) is 5.69 Å². The molecule has 1 fully saturated rings. The van der Waals surface area contributed by atoms with E-state index in [9.17, 15) is 9.18 Å². The maximum absolute atomic E-state index is 13.3. The van der Waals surface area contributed by atoms with Gasteiger partial charge >= 0.3 is 0 Å². The van der Waals surface area contributed by atoms with E-state index in [4.69, 9.17) is 0 Å². The number of fused-ring (bicyclic) bond motifs is 1. The summed E-state index contributed by atoms with van der Waals surface area (Å²) in [5, 5.41) is 7.51. The molecule has 0 spiro atoms. The molecule has 7 nitrogen and oxygen atoms in total. The van der Waals surface area contributed by atoms with Crippen LogP contribution in [0.4, 0.5) is 15.9 Å². The van der Waals surface area contributed by atoms with Gasteiger partial charge in [-0.1, -0.05) is 0 Å². The second kappa shape index (κ2) is 8.11. The fourth-order valence-corrected chi connectivity index (χ4v) is 4.29. The number of hydrogen-bond acceptors (Lipinski definition) is 5. The van der Waals surface area contributed by atoms with Gasteiger partial charge in [0.15, 0.2) is 5.69 Å². The number of pyridine rings is 1. The van der Waals surface area contributed by atoms with Gasteiger partial charge in [-0.3, -0.25) is 4.79 Å². The third-order valence-corrected chi connectivity index (χ3v) is 6.05. The van der Waals surface area contributed by atoms with E-state index in [0.717, 1.165) is 68.2 Å². The van der Waals surface area contributed by atoms with Crippen LogP contribution in [-0.4, -0.2) is 58.8 Å². The number of amides is 1. The normalized spacial score (nSPS) is 16.4. The van der Waals surface area contributed by atoms with Crippen molar-refractivity contribution in [3.8, 4) is 5.69 Å². The van der Waals surface area contributed by atoms with Crippen molar-refractivity contribution in [1.29, 1.82) is 0 Å². The van der Waals surface area contributed by atoms with Gasteiger partial charge in [0.2, 0.25) is 0 Å². The number of hydrogen-bond donors (Lipinski definition) is 1. The highest BCUT2D eigenvalue weighted by molar-refractivity contribution is 6.04. The first-order valence-electron chi connectivity index (χ1n) is 10.7. The van der Waals surface area contributed by atoms with Crippen molar-refractivity contribution in [2.75, 3.05) is 43.4 Å². The van der Waals surface area contributed by atoms with Crippen LogP contribution in [0, 0.1) is 5.82 Å². The van der Waals surface area contributed by atoms with Crippen LogP contribution in [0.1, 0.15) is 28.2 Å². The number of nitrogens with zero attached hydrogens (tertiary/aromatic N) is 5. The number of anilines is 2. The Morgan fingerprint density at radius 1 is 1.03 bits per heavy atom. The molecule has 3 heterocycles. The minimum absolute atomic E-state index is 0.242. The molecule has 2 aliphatic rings. The molecule has 5 rings (SSSR count). The lowest BCUT2D eigenvalue weighted by Gasteiger charge is -2.33. The predicted molar refractivity (Wildman–Crippen MR) is 117 cm³/mol. The molecular weight excluding hydrogens is 395 g/mol. The molecule has 0 bridgehead atoms. The van der Waals surface area contributed by atoms with Crippen LogP contribution in [0.3, 0.4) is 0 Å². The number of nitrogens with one attached hydrogen (secondary N) is 1. The minimum Gasteiger partial charge on any atom is -0.354 e. The maximum atomic E-state index is 13.3. The Morgan fingerprint density at radius 2 is 1.81 bits per heavy atom. The fourth-order valence-electron chi connectivity index (χ4n) is 4.29. The number of carbonyl (C=O) groups excluding carboxylic acids is 1. The van der Waals surface area contributed by atoms with E-state index in [1.165, 1.54) is 12.1 Å². The summed E-state index contributed by atoms with van der Waals surface area (Å²) in [5.41, 5.74) is 3.84. The fraction of sp³-hybridized carbons (Fsp3) is 0.348. The summed E-state index contributed by atoms with van der Waals surface area (Å²) < 4.78 is 15.1. The number of likely N-dealkylation sites (N-methyl/N-ethyl adjacent to an activating group) is 1. The molecule has 8 heteroatoms. The topological polar surface area (TPSA) is 66.3 Å². The van der Waals surface area contributed by atoms with Crippen molar-refractivity contribution < 1.29 is 9.18 Å². The monoisotopic (exact) mass is 420 g/mol. The van der Waals surface area contributed by atoms with Crippen LogP contribution in [0.15, 0.2) is 42.6 Å². The van der Waals surface area contributed by atoms with Crippen LogP contribution < -0.4 is 10.2 Å². The zero-order valence-electron chi connectivity index (χ0n) is 17.5. The molecule has 0 unspecified atom stereocenters. The largest absolute Gasteiger partial charge is 0.354 e. The van der Waals surface area contributed by atoms with Crippen molar-refractivity contribution >= 4 is 17.4 Å². The molecule has 0 radical (unpaired) electrons. The van der Waals surface area contributed by atoms with Crippen molar-refractivity contribution in [3.63, 3.8) is 0 Å². The number of halogens is 1. The highest BCUT2D eigenvalue weighted by atomic mass is 19.1. The molecular formula is C23H25FN6O. The van der Waals surface area contributed by atoms with Gasteiger partial charge in [0.1, 0.15) is 11.6 Å². The first-order chi connectivity index (χ1) is 15.1. The smallest absolute Gasteiger partial charge is 0.276 e. The number of benzene rings is 1. The summed E-state index contributed by atoms with van der Waals surface area (Å²) in [7, 11) is 2.12. The van der Waals surface area contributed by atoms with Crippen LogP contribution in [0.5, 0.6) is 0 Å². The Morgan fingerprint density at radius 3 is 2.52 bits per heavy atom. The average Bonchev–Trinajstić information content (AvgIpc) is 3.39. The highest BCUT2D eigenvalue weighted by Crippen LogP contribution is 2.28. The molecule has 31 heavy (non-hydrogen) atoms. The first-order valence-corrected chi connectivity index (χ1v) is 10.7. The summed E-state index contributed by atoms with van der Waals surface area (Å²) in [6.45, 7) is 3.92. The van der Waals surface area contributed by atoms with E-state index in [1.807, 2.05) is 12.1 Å².